The van der Waals surface area contributed by atoms with Gasteiger partial charge in [0.25, 0.3) is 0 Å². The summed E-state index contributed by atoms with van der Waals surface area (Å²) >= 11 is 0. The molecule has 9 nitrogen and oxygen atoms in total. The standard InChI is InChI=1S/C33H32F3N5O4/c1-40(18-22-11-5-7-13-25(22)33(34,35)36)31(44)28(16-23-17-37-26-14-8-6-12-24(23)26)39-30(43)20-41-19-29(42)38-27(32(41)45)15-21-9-3-2-4-10-21/h2-14,17,27-28,37H,15-16,18-20H2,1H3,(H,38,42)(H,39,43). The van der Waals surface area contributed by atoms with Gasteiger partial charge in [-0.3, -0.25) is 19.2 Å². The van der Waals surface area contributed by atoms with E-state index in [-0.39, 0.29) is 31.5 Å². The Morgan fingerprint density at radius 1 is 0.978 bits per heavy atom. The Balaban J connectivity index is 1.34. The lowest BCUT2D eigenvalue weighted by Crippen LogP contribution is -2.61. The molecule has 45 heavy (non-hydrogen) atoms. The van der Waals surface area contributed by atoms with Gasteiger partial charge in [0.1, 0.15) is 25.2 Å². The van der Waals surface area contributed by atoms with E-state index in [0.717, 1.165) is 32.3 Å². The fourth-order valence-corrected chi connectivity index (χ4v) is 5.56. The molecular weight excluding hydrogens is 587 g/mol. The first-order valence-corrected chi connectivity index (χ1v) is 14.4. The van der Waals surface area contributed by atoms with E-state index in [9.17, 15) is 32.3 Å². The summed E-state index contributed by atoms with van der Waals surface area (Å²) in [5.41, 5.74) is 1.42. The number of likely N-dealkylation sites (N-methyl/N-ethyl adjacent to an activating group) is 1. The second-order valence-corrected chi connectivity index (χ2v) is 11.0. The van der Waals surface area contributed by atoms with Crippen LogP contribution in [0.1, 0.15) is 22.3 Å². The minimum absolute atomic E-state index is 0.0326. The lowest BCUT2D eigenvalue weighted by atomic mass is 10.0. The average Bonchev–Trinajstić information content (AvgIpc) is 3.41. The molecule has 0 radical (unpaired) electrons. The predicted octanol–water partition coefficient (Wildman–Crippen LogP) is 3.44. The summed E-state index contributed by atoms with van der Waals surface area (Å²) in [5, 5.41) is 6.18. The van der Waals surface area contributed by atoms with E-state index in [2.05, 4.69) is 15.6 Å². The molecule has 234 valence electrons. The van der Waals surface area contributed by atoms with Crippen molar-refractivity contribution in [3.05, 3.63) is 107 Å². The van der Waals surface area contributed by atoms with Gasteiger partial charge in [-0.25, -0.2) is 0 Å². The number of amides is 4. The van der Waals surface area contributed by atoms with Crippen LogP contribution in [0, 0.1) is 0 Å². The number of aromatic amines is 1. The first-order valence-electron chi connectivity index (χ1n) is 14.4. The van der Waals surface area contributed by atoms with Crippen molar-refractivity contribution in [2.75, 3.05) is 20.1 Å². The topological polar surface area (TPSA) is 115 Å². The van der Waals surface area contributed by atoms with Crippen LogP contribution >= 0.6 is 0 Å². The number of piperazine rings is 1. The Hall–Kier alpha value is -5.13. The highest BCUT2D eigenvalue weighted by Crippen LogP contribution is 2.32. The van der Waals surface area contributed by atoms with E-state index in [1.165, 1.54) is 25.2 Å². The number of nitrogens with one attached hydrogen (secondary N) is 3. The molecule has 2 heterocycles. The number of carbonyl (C=O) groups is 4. The molecule has 2 atom stereocenters. The molecule has 0 bridgehead atoms. The number of aromatic nitrogens is 1. The van der Waals surface area contributed by atoms with Crippen LogP contribution in [-0.2, 0) is 44.7 Å². The van der Waals surface area contributed by atoms with Crippen LogP contribution in [0.4, 0.5) is 13.2 Å². The van der Waals surface area contributed by atoms with Gasteiger partial charge >= 0.3 is 6.18 Å². The van der Waals surface area contributed by atoms with Crippen molar-refractivity contribution in [2.45, 2.75) is 37.6 Å². The van der Waals surface area contributed by atoms with Crippen molar-refractivity contribution < 1.29 is 32.3 Å². The Morgan fingerprint density at radius 2 is 1.67 bits per heavy atom. The maximum atomic E-state index is 13.7. The van der Waals surface area contributed by atoms with Crippen LogP contribution in [0.5, 0.6) is 0 Å². The smallest absolute Gasteiger partial charge is 0.361 e. The van der Waals surface area contributed by atoms with Gasteiger partial charge in [0, 0.05) is 43.5 Å². The highest BCUT2D eigenvalue weighted by molar-refractivity contribution is 5.98. The number of alkyl halides is 3. The number of rotatable bonds is 10. The first kappa shape index (κ1) is 31.3. The van der Waals surface area contributed by atoms with Gasteiger partial charge in [-0.2, -0.15) is 13.2 Å². The van der Waals surface area contributed by atoms with Crippen LogP contribution in [0.2, 0.25) is 0 Å². The highest BCUT2D eigenvalue weighted by atomic mass is 19.4. The summed E-state index contributed by atoms with van der Waals surface area (Å²) < 4.78 is 40.9. The third kappa shape index (κ3) is 7.51. The lowest BCUT2D eigenvalue weighted by molar-refractivity contribution is -0.147. The molecule has 2 unspecified atom stereocenters. The molecule has 4 amide bonds. The summed E-state index contributed by atoms with van der Waals surface area (Å²) in [7, 11) is 1.37. The Morgan fingerprint density at radius 3 is 2.42 bits per heavy atom. The number of carbonyl (C=O) groups excluding carboxylic acids is 4. The van der Waals surface area contributed by atoms with Crippen LogP contribution in [-0.4, -0.2) is 70.6 Å². The van der Waals surface area contributed by atoms with Crippen molar-refractivity contribution in [1.29, 1.82) is 0 Å². The number of nitrogens with zero attached hydrogens (tertiary/aromatic N) is 2. The zero-order chi connectivity index (χ0) is 32.1. The number of benzene rings is 3. The van der Waals surface area contributed by atoms with E-state index in [4.69, 9.17) is 0 Å². The molecular formula is C33H32F3N5O4. The monoisotopic (exact) mass is 619 g/mol. The van der Waals surface area contributed by atoms with Crippen LogP contribution < -0.4 is 10.6 Å². The van der Waals surface area contributed by atoms with Gasteiger partial charge in [-0.1, -0.05) is 66.7 Å². The molecule has 1 aromatic heterocycles. The van der Waals surface area contributed by atoms with Crippen molar-refractivity contribution in [3.8, 4) is 0 Å². The predicted molar refractivity (Wildman–Crippen MR) is 161 cm³/mol. The molecule has 12 heteroatoms. The molecule has 3 aromatic carbocycles. The molecule has 5 rings (SSSR count). The Labute approximate surface area is 257 Å². The quantitative estimate of drug-likeness (QED) is 0.252. The number of para-hydroxylation sites is 1. The average molecular weight is 620 g/mol. The number of fused-ring (bicyclic) bond motifs is 1. The molecule has 4 aromatic rings. The van der Waals surface area contributed by atoms with Gasteiger partial charge in [0.15, 0.2) is 0 Å². The van der Waals surface area contributed by atoms with E-state index in [1.807, 2.05) is 54.6 Å². The lowest BCUT2D eigenvalue weighted by Gasteiger charge is -2.33. The third-order valence-corrected chi connectivity index (χ3v) is 7.74. The zero-order valence-corrected chi connectivity index (χ0v) is 24.4. The molecule has 1 saturated heterocycles. The number of H-pyrrole nitrogens is 1. The van der Waals surface area contributed by atoms with Gasteiger partial charge < -0.3 is 25.4 Å². The van der Waals surface area contributed by atoms with Gasteiger partial charge in [-0.15, -0.1) is 0 Å². The minimum Gasteiger partial charge on any atom is -0.361 e. The van der Waals surface area contributed by atoms with Gasteiger partial charge in [-0.05, 0) is 28.8 Å². The SMILES string of the molecule is CN(Cc1ccccc1C(F)(F)F)C(=O)C(Cc1c[nH]c2ccccc12)NC(=O)CN1CC(=O)NC(Cc2ccccc2)C1=O. The van der Waals surface area contributed by atoms with Gasteiger partial charge in [0.2, 0.25) is 23.6 Å². The summed E-state index contributed by atoms with van der Waals surface area (Å²) in [6.07, 6.45) is -2.62. The minimum atomic E-state index is -4.61. The van der Waals surface area contributed by atoms with E-state index >= 15 is 0 Å². The summed E-state index contributed by atoms with van der Waals surface area (Å²) in [5.74, 6) is -2.15. The molecule has 0 saturated carbocycles. The van der Waals surface area contributed by atoms with Gasteiger partial charge in [0.05, 0.1) is 5.56 Å². The van der Waals surface area contributed by atoms with E-state index < -0.39 is 54.0 Å². The normalized spacial score (nSPS) is 15.9. The largest absolute Gasteiger partial charge is 0.416 e. The van der Waals surface area contributed by atoms with Crippen molar-refractivity contribution in [2.24, 2.45) is 0 Å². The Kier molecular flexibility index (Phi) is 9.21. The molecule has 3 N–H and O–H groups in total. The maximum Gasteiger partial charge on any atom is 0.416 e. The molecule has 1 aliphatic rings. The van der Waals surface area contributed by atoms with Crippen LogP contribution in [0.15, 0.2) is 85.1 Å². The molecule has 0 spiro atoms. The third-order valence-electron chi connectivity index (χ3n) is 7.74. The summed E-state index contributed by atoms with van der Waals surface area (Å²) in [6.45, 7) is -1.15. The van der Waals surface area contributed by atoms with E-state index in [1.54, 1.807) is 6.20 Å². The fraction of sp³-hybridized carbons (Fsp3) is 0.273. The summed E-state index contributed by atoms with van der Waals surface area (Å²) in [6, 6.07) is 19.5. The molecule has 1 fully saturated rings. The number of hydrogen-bond donors (Lipinski definition) is 3. The number of halogens is 3. The maximum absolute atomic E-state index is 13.7. The van der Waals surface area contributed by atoms with Crippen molar-refractivity contribution >= 4 is 34.5 Å². The second kappa shape index (κ2) is 13.2. The van der Waals surface area contributed by atoms with Crippen LogP contribution in [0.25, 0.3) is 10.9 Å². The van der Waals surface area contributed by atoms with Crippen molar-refractivity contribution in [1.82, 2.24) is 25.4 Å². The first-order chi connectivity index (χ1) is 21.5. The molecule has 1 aliphatic heterocycles. The Bertz CT molecular complexity index is 1710. The second-order valence-electron chi connectivity index (χ2n) is 11.0. The fourth-order valence-electron chi connectivity index (χ4n) is 5.56. The highest BCUT2D eigenvalue weighted by Gasteiger charge is 2.36. The van der Waals surface area contributed by atoms with Crippen molar-refractivity contribution in [3.63, 3.8) is 0 Å². The number of hydrogen-bond acceptors (Lipinski definition) is 4. The zero-order valence-electron chi connectivity index (χ0n) is 24.4. The molecule has 0 aliphatic carbocycles. The summed E-state index contributed by atoms with van der Waals surface area (Å²) in [4.78, 5) is 58.1. The van der Waals surface area contributed by atoms with Crippen LogP contribution in [0.3, 0.4) is 0 Å². The van der Waals surface area contributed by atoms with E-state index in [0.29, 0.717) is 5.56 Å².